The molecule has 0 aliphatic rings. The molecule has 0 aromatic heterocycles. The first kappa shape index (κ1) is 78.9. The Labute approximate surface area is 82.2 Å². The molecule has 30 valence electrons. The third-order valence-corrected chi connectivity index (χ3v) is 0. The van der Waals surface area contributed by atoms with E-state index in [4.69, 9.17) is 0 Å². The maximum absolute atomic E-state index is 0. The van der Waals surface area contributed by atoms with Gasteiger partial charge in [-0.1, -0.05) is 0 Å². The molecule has 0 spiro atoms. The van der Waals surface area contributed by atoms with E-state index in [9.17, 15) is 0 Å². The smallest absolute Gasteiger partial charge is 2.00 e. The second-order valence-electron chi connectivity index (χ2n) is 0. The molecule has 0 bridgehead atoms. The molecular weight excluding hydrogens is 166 g/mol. The summed E-state index contributed by atoms with van der Waals surface area (Å²) < 4.78 is 0. The maximum Gasteiger partial charge on any atom is 3.00 e. The van der Waals surface area contributed by atoms with E-state index in [-0.39, 0.29) is 82.7 Å². The summed E-state index contributed by atoms with van der Waals surface area (Å²) in [5, 5.41) is 0. The van der Waals surface area contributed by atoms with Crippen LogP contribution in [0.3, 0.4) is 0 Å². The zero-order valence-corrected chi connectivity index (χ0v) is 7.24. The normalized spacial score (nSPS) is 0. The summed E-state index contributed by atoms with van der Waals surface area (Å²) in [7, 11) is 0. The molecule has 0 nitrogen and oxygen atoms in total. The first-order valence-corrected chi connectivity index (χ1v) is 0. The Hall–Kier alpha value is 2.43. The van der Waals surface area contributed by atoms with Gasteiger partial charge in [0.15, 0.2) is 0 Å². The van der Waals surface area contributed by atoms with E-state index in [1.807, 2.05) is 0 Å². The zero-order chi connectivity index (χ0) is 0. The quantitative estimate of drug-likeness (QED) is 0.284. The molecule has 0 aliphatic heterocycles. The summed E-state index contributed by atoms with van der Waals surface area (Å²) in [6.07, 6.45) is 0. The van der Waals surface area contributed by atoms with Crippen LogP contribution in [-0.4, -0.2) is 0 Å². The average molecular weight is 166 g/mol. The second kappa shape index (κ2) is 52.1. The third kappa shape index (κ3) is 32.1. The summed E-state index contributed by atoms with van der Waals surface area (Å²) in [6.45, 7) is 0. The van der Waals surface area contributed by atoms with Crippen molar-refractivity contribution < 1.29 is 18.9 Å². The molecule has 0 heterocycles. The van der Waals surface area contributed by atoms with Crippen molar-refractivity contribution >= 4 is 63.9 Å². The molecule has 0 N–H and O–H groups in total. The van der Waals surface area contributed by atoms with E-state index in [2.05, 4.69) is 0 Å². The number of rotatable bonds is 0. The van der Waals surface area contributed by atoms with Crippen molar-refractivity contribution in [1.29, 1.82) is 0 Å². The predicted molar refractivity (Wildman–Crippen MR) is 36.4 cm³/mol. The summed E-state index contributed by atoms with van der Waals surface area (Å²) in [6, 6.07) is 0. The zero-order valence-electron chi connectivity index (χ0n) is 3.08. The molecular formula is LiPS4. The summed E-state index contributed by atoms with van der Waals surface area (Å²) in [5.41, 5.74) is 0. The Kier molecular flexibility index (Phi) is 685. The van der Waals surface area contributed by atoms with Gasteiger partial charge in [-0.15, -0.1) is 0 Å². The van der Waals surface area contributed by atoms with Crippen molar-refractivity contribution in [3.05, 3.63) is 0 Å². The minimum atomic E-state index is 0. The fourth-order valence-electron chi connectivity index (χ4n) is 0. The Balaban J connectivity index is 0. The van der Waals surface area contributed by atoms with E-state index in [0.717, 1.165) is 0 Å². The molecule has 0 amide bonds. The van der Waals surface area contributed by atoms with Gasteiger partial charge in [-0.05, 0) is 0 Å². The van der Waals surface area contributed by atoms with Crippen molar-refractivity contribution in [2.24, 2.45) is 0 Å². The van der Waals surface area contributed by atoms with E-state index < -0.39 is 0 Å². The van der Waals surface area contributed by atoms with Crippen molar-refractivity contribution in [2.75, 3.05) is 0 Å². The Morgan fingerprint density at radius 3 is 0.667 bits per heavy atom. The van der Waals surface area contributed by atoms with Gasteiger partial charge in [-0.2, -0.15) is 0 Å². The van der Waals surface area contributed by atoms with Crippen LogP contribution in [0.15, 0.2) is 0 Å². The molecule has 0 aliphatic carbocycles. The van der Waals surface area contributed by atoms with Crippen LogP contribution < -0.4 is 18.9 Å². The van der Waals surface area contributed by atoms with Gasteiger partial charge in [0.2, 0.25) is 0 Å². The Morgan fingerprint density at radius 1 is 0.667 bits per heavy atom. The molecule has 6 heavy (non-hydrogen) atoms. The van der Waals surface area contributed by atoms with Crippen molar-refractivity contribution in [1.82, 2.24) is 0 Å². The number of hydrogen-bond donors (Lipinski definition) is 0. The largest absolute Gasteiger partial charge is 3.00 e. The van der Waals surface area contributed by atoms with Gasteiger partial charge < -0.3 is 40.5 Å². The van der Waals surface area contributed by atoms with E-state index in [1.165, 1.54) is 0 Å². The fraction of sp³-hybridized carbons (Fsp3) is 0. The van der Waals surface area contributed by atoms with Crippen molar-refractivity contribution in [2.45, 2.75) is 0 Å². The van der Waals surface area contributed by atoms with Crippen LogP contribution in [0.25, 0.3) is 0 Å². The predicted octanol–water partition coefficient (Wildman–Crippen LogP) is -2.14. The fourth-order valence-corrected chi connectivity index (χ4v) is 0. The monoisotopic (exact) mass is 166 g/mol. The van der Waals surface area contributed by atoms with Crippen LogP contribution in [-0.2, 0) is 54.0 Å². The van der Waals surface area contributed by atoms with Gasteiger partial charge in [0.05, 0.1) is 0 Å². The SMILES string of the molecule is [Li+].[P+3].[S+2].[S-2].[S-2].[S-2]. The van der Waals surface area contributed by atoms with Gasteiger partial charge in [-0.25, -0.2) is 0 Å². The summed E-state index contributed by atoms with van der Waals surface area (Å²) >= 11 is 0. The molecule has 0 atom stereocenters. The molecule has 0 fully saturated rings. The first-order valence-electron chi connectivity index (χ1n) is 0. The van der Waals surface area contributed by atoms with Crippen molar-refractivity contribution in [3.8, 4) is 0 Å². The van der Waals surface area contributed by atoms with Crippen molar-refractivity contribution in [3.63, 3.8) is 0 Å². The molecule has 0 saturated heterocycles. The molecule has 6 radical (unpaired) electrons. The summed E-state index contributed by atoms with van der Waals surface area (Å²) in [4.78, 5) is 0. The number of hydrogen-bond acceptors (Lipinski definition) is 0. The van der Waals surface area contributed by atoms with Gasteiger partial charge in [0.1, 0.15) is 0 Å². The maximum atomic E-state index is 0. The Morgan fingerprint density at radius 2 is 0.667 bits per heavy atom. The molecule has 0 rings (SSSR count). The van der Waals surface area contributed by atoms with Crippen LogP contribution in [0.1, 0.15) is 0 Å². The second-order valence-corrected chi connectivity index (χ2v) is 0. The third-order valence-electron chi connectivity index (χ3n) is 0. The first-order chi connectivity index (χ1) is 0. The Bertz CT molecular complexity index is 7.51. The van der Waals surface area contributed by atoms with Crippen LogP contribution in [0.5, 0.6) is 0 Å². The van der Waals surface area contributed by atoms with E-state index in [0.29, 0.717) is 0 Å². The van der Waals surface area contributed by atoms with Gasteiger partial charge in [-0.3, -0.25) is 0 Å². The van der Waals surface area contributed by atoms with Gasteiger partial charge >= 0.3 is 42.3 Å². The molecule has 0 aromatic rings. The van der Waals surface area contributed by atoms with Crippen LogP contribution in [0.2, 0.25) is 0 Å². The van der Waals surface area contributed by atoms with E-state index in [1.54, 1.807) is 0 Å². The molecule has 0 saturated carbocycles. The minimum absolute atomic E-state index is 0. The van der Waals surface area contributed by atoms with Crippen LogP contribution in [0, 0.1) is 0 Å². The van der Waals surface area contributed by atoms with Gasteiger partial charge in [0, 0.05) is 0 Å². The molecule has 0 unspecified atom stereocenters. The van der Waals surface area contributed by atoms with Gasteiger partial charge in [0.25, 0.3) is 0 Å². The molecule has 0 aromatic carbocycles. The summed E-state index contributed by atoms with van der Waals surface area (Å²) in [5.74, 6) is 0. The standard InChI is InChI=1S/Li.P.4S/q+1;+3;3*-2;+2. The topological polar surface area (TPSA) is 0 Å². The van der Waals surface area contributed by atoms with Crippen LogP contribution >= 0.6 is 9.90 Å². The average Bonchev–Trinajstić information content (AvgIpc) is 0. The molecule has 6 heteroatoms. The van der Waals surface area contributed by atoms with Crippen LogP contribution in [0.4, 0.5) is 0 Å². The van der Waals surface area contributed by atoms with E-state index >= 15 is 0 Å². The minimum Gasteiger partial charge on any atom is -2.00 e.